The molecule has 0 saturated carbocycles. The Labute approximate surface area is 190 Å². The van der Waals surface area contributed by atoms with E-state index in [2.05, 4.69) is 91.9 Å². The van der Waals surface area contributed by atoms with Gasteiger partial charge in [-0.1, -0.05) is 72.3 Å². The van der Waals surface area contributed by atoms with Crippen molar-refractivity contribution in [3.63, 3.8) is 0 Å². The molecule has 3 aromatic carbocycles. The van der Waals surface area contributed by atoms with Crippen molar-refractivity contribution in [2.45, 2.75) is 38.4 Å². The molecule has 0 aliphatic carbocycles. The van der Waals surface area contributed by atoms with E-state index >= 15 is 0 Å². The number of aryl methyl sites for hydroxylation is 1. The third-order valence-corrected chi connectivity index (χ3v) is 6.18. The van der Waals surface area contributed by atoms with Crippen molar-refractivity contribution < 1.29 is 9.47 Å². The fraction of sp³-hybridized carbons (Fsp3) is 0.276. The molecule has 3 heteroatoms. The van der Waals surface area contributed by atoms with E-state index in [9.17, 15) is 0 Å². The second-order valence-electron chi connectivity index (χ2n) is 8.55. The SMILES string of the molecule is Cc1ccc2nc(C(c3ccccc3)c3ccccc3)c(CCOC3CCCO3)cc2c1. The van der Waals surface area contributed by atoms with Crippen LogP contribution in [0, 0.1) is 6.92 Å². The van der Waals surface area contributed by atoms with Gasteiger partial charge < -0.3 is 9.47 Å². The molecule has 4 aromatic rings. The van der Waals surface area contributed by atoms with Crippen LogP contribution in [-0.2, 0) is 15.9 Å². The second-order valence-corrected chi connectivity index (χ2v) is 8.55. The van der Waals surface area contributed by atoms with E-state index < -0.39 is 0 Å². The lowest BCUT2D eigenvalue weighted by molar-refractivity contribution is -0.109. The van der Waals surface area contributed by atoms with E-state index in [0.717, 1.165) is 37.1 Å². The standard InChI is InChI=1S/C29H29NO2/c1-21-14-15-26-25(19-21)20-24(16-18-32-27-13-8-17-31-27)29(30-26)28(22-9-4-2-5-10-22)23-11-6-3-7-12-23/h2-7,9-12,14-15,19-20,27-28H,8,13,16-18H2,1H3. The number of hydrogen-bond donors (Lipinski definition) is 0. The largest absolute Gasteiger partial charge is 0.353 e. The third-order valence-electron chi connectivity index (χ3n) is 6.18. The first kappa shape index (κ1) is 20.9. The van der Waals surface area contributed by atoms with Gasteiger partial charge in [0.05, 0.1) is 23.7 Å². The van der Waals surface area contributed by atoms with Gasteiger partial charge in [-0.2, -0.15) is 0 Å². The molecule has 1 unspecified atom stereocenters. The van der Waals surface area contributed by atoms with Crippen LogP contribution >= 0.6 is 0 Å². The molecule has 0 N–H and O–H groups in total. The van der Waals surface area contributed by atoms with Crippen molar-refractivity contribution in [1.29, 1.82) is 0 Å². The highest BCUT2D eigenvalue weighted by Gasteiger charge is 2.23. The number of nitrogens with zero attached hydrogens (tertiary/aromatic N) is 1. The van der Waals surface area contributed by atoms with Gasteiger partial charge in [-0.3, -0.25) is 4.98 Å². The Kier molecular flexibility index (Phi) is 6.29. The third kappa shape index (κ3) is 4.59. The molecule has 5 rings (SSSR count). The summed E-state index contributed by atoms with van der Waals surface area (Å²) in [7, 11) is 0. The van der Waals surface area contributed by atoms with Crippen LogP contribution in [0.15, 0.2) is 84.9 Å². The first-order valence-corrected chi connectivity index (χ1v) is 11.5. The van der Waals surface area contributed by atoms with Crippen molar-refractivity contribution in [2.75, 3.05) is 13.2 Å². The normalized spacial score (nSPS) is 16.1. The van der Waals surface area contributed by atoms with Crippen LogP contribution in [0.5, 0.6) is 0 Å². The predicted molar refractivity (Wildman–Crippen MR) is 129 cm³/mol. The molecule has 3 nitrogen and oxygen atoms in total. The molecule has 1 atom stereocenters. The summed E-state index contributed by atoms with van der Waals surface area (Å²) in [6.07, 6.45) is 2.81. The van der Waals surface area contributed by atoms with Crippen LogP contribution in [0.3, 0.4) is 0 Å². The zero-order valence-electron chi connectivity index (χ0n) is 18.5. The summed E-state index contributed by atoms with van der Waals surface area (Å²) < 4.78 is 11.7. The number of hydrogen-bond acceptors (Lipinski definition) is 3. The van der Waals surface area contributed by atoms with Crippen LogP contribution < -0.4 is 0 Å². The van der Waals surface area contributed by atoms with E-state index in [1.54, 1.807) is 0 Å². The molecule has 32 heavy (non-hydrogen) atoms. The Morgan fingerprint density at radius 3 is 2.31 bits per heavy atom. The minimum Gasteiger partial charge on any atom is -0.353 e. The van der Waals surface area contributed by atoms with Crippen molar-refractivity contribution in [3.05, 3.63) is 113 Å². The average Bonchev–Trinajstić information content (AvgIpc) is 3.34. The van der Waals surface area contributed by atoms with Gasteiger partial charge in [0.25, 0.3) is 0 Å². The van der Waals surface area contributed by atoms with Crippen LogP contribution in [-0.4, -0.2) is 24.5 Å². The summed E-state index contributed by atoms with van der Waals surface area (Å²) in [6, 6.07) is 30.2. The number of pyridine rings is 1. The zero-order valence-corrected chi connectivity index (χ0v) is 18.5. The maximum Gasteiger partial charge on any atom is 0.157 e. The minimum atomic E-state index is -0.0619. The predicted octanol–water partition coefficient (Wildman–Crippen LogP) is 6.42. The van der Waals surface area contributed by atoms with Gasteiger partial charge >= 0.3 is 0 Å². The van der Waals surface area contributed by atoms with E-state index in [4.69, 9.17) is 14.5 Å². The highest BCUT2D eigenvalue weighted by molar-refractivity contribution is 5.80. The van der Waals surface area contributed by atoms with E-state index in [0.29, 0.717) is 6.61 Å². The van der Waals surface area contributed by atoms with E-state index in [-0.39, 0.29) is 12.2 Å². The van der Waals surface area contributed by atoms with Gasteiger partial charge in [0.15, 0.2) is 6.29 Å². The van der Waals surface area contributed by atoms with Gasteiger partial charge in [0.1, 0.15) is 0 Å². The molecule has 1 aliphatic heterocycles. The summed E-state index contributed by atoms with van der Waals surface area (Å²) in [5.74, 6) is 0.0702. The summed E-state index contributed by atoms with van der Waals surface area (Å²) in [5, 5.41) is 1.18. The van der Waals surface area contributed by atoms with E-state index in [1.165, 1.54) is 27.6 Å². The van der Waals surface area contributed by atoms with Crippen LogP contribution in [0.4, 0.5) is 0 Å². The van der Waals surface area contributed by atoms with Crippen LogP contribution in [0.25, 0.3) is 10.9 Å². The molecule has 0 amide bonds. The van der Waals surface area contributed by atoms with Gasteiger partial charge in [-0.05, 0) is 54.7 Å². The topological polar surface area (TPSA) is 31.4 Å². The van der Waals surface area contributed by atoms with Gasteiger partial charge in [0.2, 0.25) is 0 Å². The molecular formula is C29H29NO2. The molecular weight excluding hydrogens is 394 g/mol. The van der Waals surface area contributed by atoms with Gasteiger partial charge in [0, 0.05) is 18.4 Å². The molecule has 1 aliphatic rings. The fourth-order valence-electron chi connectivity index (χ4n) is 4.58. The van der Waals surface area contributed by atoms with Crippen molar-refractivity contribution in [2.24, 2.45) is 0 Å². The Balaban J connectivity index is 1.59. The fourth-order valence-corrected chi connectivity index (χ4v) is 4.58. The number of benzene rings is 3. The molecule has 0 spiro atoms. The van der Waals surface area contributed by atoms with Crippen molar-refractivity contribution in [3.8, 4) is 0 Å². The lowest BCUT2D eigenvalue weighted by Gasteiger charge is -2.22. The first-order valence-electron chi connectivity index (χ1n) is 11.5. The Bertz CT molecular complexity index is 1130. The molecule has 1 saturated heterocycles. The molecule has 2 heterocycles. The lowest BCUT2D eigenvalue weighted by Crippen LogP contribution is -2.15. The van der Waals surface area contributed by atoms with Crippen molar-refractivity contribution >= 4 is 10.9 Å². The van der Waals surface area contributed by atoms with Crippen LogP contribution in [0.1, 0.15) is 46.7 Å². The zero-order chi connectivity index (χ0) is 21.8. The van der Waals surface area contributed by atoms with Crippen molar-refractivity contribution in [1.82, 2.24) is 4.98 Å². The summed E-state index contributed by atoms with van der Waals surface area (Å²) in [4.78, 5) is 5.23. The summed E-state index contributed by atoms with van der Waals surface area (Å²) in [5.41, 5.74) is 7.12. The highest BCUT2D eigenvalue weighted by Crippen LogP contribution is 2.34. The average molecular weight is 424 g/mol. The molecule has 1 aromatic heterocycles. The number of rotatable bonds is 7. The first-order chi connectivity index (χ1) is 15.8. The molecule has 0 radical (unpaired) electrons. The summed E-state index contributed by atoms with van der Waals surface area (Å²) >= 11 is 0. The smallest absolute Gasteiger partial charge is 0.157 e. The Morgan fingerprint density at radius 1 is 0.938 bits per heavy atom. The molecule has 162 valence electrons. The Hall–Kier alpha value is -3.01. The lowest BCUT2D eigenvalue weighted by atomic mass is 9.85. The number of fused-ring (bicyclic) bond motifs is 1. The number of ether oxygens (including phenoxy) is 2. The van der Waals surface area contributed by atoms with Gasteiger partial charge in [-0.25, -0.2) is 0 Å². The quantitative estimate of drug-likeness (QED) is 0.344. The van der Waals surface area contributed by atoms with Crippen LogP contribution in [0.2, 0.25) is 0 Å². The summed E-state index contributed by atoms with van der Waals surface area (Å²) in [6.45, 7) is 3.56. The maximum atomic E-state index is 6.04. The van der Waals surface area contributed by atoms with Gasteiger partial charge in [-0.15, -0.1) is 0 Å². The Morgan fingerprint density at radius 2 is 1.66 bits per heavy atom. The molecule has 0 bridgehead atoms. The van der Waals surface area contributed by atoms with E-state index in [1.807, 2.05) is 0 Å². The molecule has 1 fully saturated rings. The number of aromatic nitrogens is 1. The monoisotopic (exact) mass is 423 g/mol. The highest BCUT2D eigenvalue weighted by atomic mass is 16.7. The second kappa shape index (κ2) is 9.64. The minimum absolute atomic E-state index is 0.0619. The maximum absolute atomic E-state index is 6.04.